The molecule has 0 amide bonds. The van der Waals surface area contributed by atoms with Gasteiger partial charge in [-0.25, -0.2) is 4.79 Å². The minimum absolute atomic E-state index is 0. The van der Waals surface area contributed by atoms with Crippen molar-refractivity contribution in [1.82, 2.24) is 0 Å². The molecular weight excluding hydrogens is 296 g/mol. The quantitative estimate of drug-likeness (QED) is 0.398. The molecule has 21 heavy (non-hydrogen) atoms. The molecule has 1 aromatic rings. The highest BCUT2D eigenvalue weighted by molar-refractivity contribution is 5.99. The van der Waals surface area contributed by atoms with E-state index < -0.39 is 11.9 Å². The summed E-state index contributed by atoms with van der Waals surface area (Å²) >= 11 is 0. The van der Waals surface area contributed by atoms with Crippen molar-refractivity contribution in [3.8, 4) is 5.75 Å². The van der Waals surface area contributed by atoms with Crippen LogP contribution in [0.15, 0.2) is 18.2 Å². The summed E-state index contributed by atoms with van der Waals surface area (Å²) in [4.78, 5) is 23.2. The summed E-state index contributed by atoms with van der Waals surface area (Å²) in [5, 5.41) is 9.81. The molecule has 0 saturated heterocycles. The van der Waals surface area contributed by atoms with Crippen LogP contribution in [-0.4, -0.2) is 23.6 Å². The first kappa shape index (κ1) is 19.4. The van der Waals surface area contributed by atoms with Gasteiger partial charge in [0, 0.05) is 18.5 Å². The highest BCUT2D eigenvalue weighted by atomic mass is 35.5. The van der Waals surface area contributed by atoms with Crippen molar-refractivity contribution in [2.45, 2.75) is 32.2 Å². The highest BCUT2D eigenvalue weighted by Crippen LogP contribution is 2.22. The number of hydrogen-bond donors (Lipinski definition) is 3. The molecule has 6 nitrogen and oxygen atoms in total. The first-order chi connectivity index (χ1) is 9.60. The third-order valence-electron chi connectivity index (χ3n) is 2.85. The Morgan fingerprint density at radius 1 is 1.14 bits per heavy atom. The lowest BCUT2D eigenvalue weighted by Crippen LogP contribution is -2.13. The second-order valence-electron chi connectivity index (χ2n) is 4.38. The number of carbonyl (C=O) groups excluding carboxylic acids is 2. The molecule has 1 aromatic carbocycles. The van der Waals surface area contributed by atoms with Gasteiger partial charge >= 0.3 is 11.9 Å². The van der Waals surface area contributed by atoms with E-state index in [1.54, 1.807) is 12.1 Å². The maximum Gasteiger partial charge on any atom is 0.349 e. The average molecular weight is 317 g/mol. The standard InChI is InChI=1S/C14H20N2O4.ClH/c15-8-3-1-2-7-12(17)20-14(19)11-6-4-5-10(9-16)13(11)18;/h4-6,18H,1-3,7-9,15-16H2;1H. The Labute approximate surface area is 129 Å². The van der Waals surface area contributed by atoms with Crippen molar-refractivity contribution < 1.29 is 19.4 Å². The molecule has 0 spiro atoms. The second-order valence-corrected chi connectivity index (χ2v) is 4.38. The first-order valence-electron chi connectivity index (χ1n) is 6.56. The van der Waals surface area contributed by atoms with Crippen LogP contribution in [0.4, 0.5) is 0 Å². The van der Waals surface area contributed by atoms with Gasteiger partial charge in [0.25, 0.3) is 0 Å². The molecule has 0 fully saturated rings. The van der Waals surface area contributed by atoms with Crippen LogP contribution in [0.25, 0.3) is 0 Å². The van der Waals surface area contributed by atoms with Crippen LogP contribution in [0.1, 0.15) is 41.6 Å². The van der Waals surface area contributed by atoms with E-state index in [-0.39, 0.29) is 36.7 Å². The van der Waals surface area contributed by atoms with Crippen molar-refractivity contribution in [2.75, 3.05) is 6.54 Å². The molecule has 1 rings (SSSR count). The molecule has 0 unspecified atom stereocenters. The molecule has 0 heterocycles. The van der Waals surface area contributed by atoms with E-state index >= 15 is 0 Å². The smallest absolute Gasteiger partial charge is 0.349 e. The minimum Gasteiger partial charge on any atom is -0.507 e. The Bertz CT molecular complexity index is 480. The molecule has 0 saturated carbocycles. The number of phenolic OH excluding ortho intramolecular Hbond substituents is 1. The van der Waals surface area contributed by atoms with Crippen LogP contribution in [0, 0.1) is 0 Å². The Balaban J connectivity index is 0.00000400. The zero-order valence-electron chi connectivity index (χ0n) is 11.7. The van der Waals surface area contributed by atoms with Gasteiger partial charge in [0.1, 0.15) is 11.3 Å². The number of halogens is 1. The number of ether oxygens (including phenoxy) is 1. The highest BCUT2D eigenvalue weighted by Gasteiger charge is 2.18. The van der Waals surface area contributed by atoms with E-state index in [2.05, 4.69) is 4.74 Å². The van der Waals surface area contributed by atoms with E-state index in [4.69, 9.17) is 11.5 Å². The summed E-state index contributed by atoms with van der Waals surface area (Å²) in [6.07, 6.45) is 2.43. The maximum atomic E-state index is 11.8. The minimum atomic E-state index is -0.860. The van der Waals surface area contributed by atoms with Gasteiger partial charge in [-0.05, 0) is 25.5 Å². The van der Waals surface area contributed by atoms with Gasteiger partial charge < -0.3 is 21.3 Å². The Kier molecular flexibility index (Phi) is 9.36. The fraction of sp³-hybridized carbons (Fsp3) is 0.429. The van der Waals surface area contributed by atoms with Crippen molar-refractivity contribution in [3.05, 3.63) is 29.3 Å². The largest absolute Gasteiger partial charge is 0.507 e. The molecule has 0 aliphatic heterocycles. The lowest BCUT2D eigenvalue weighted by Gasteiger charge is -2.07. The van der Waals surface area contributed by atoms with Gasteiger partial charge in [-0.3, -0.25) is 4.79 Å². The van der Waals surface area contributed by atoms with Gasteiger partial charge in [0.05, 0.1) is 0 Å². The summed E-state index contributed by atoms with van der Waals surface area (Å²) in [6.45, 7) is 0.674. The SMILES string of the molecule is Cl.NCCCCCC(=O)OC(=O)c1cccc(CN)c1O. The van der Waals surface area contributed by atoms with Gasteiger partial charge in [0.15, 0.2) is 0 Å². The van der Waals surface area contributed by atoms with Gasteiger partial charge in [-0.15, -0.1) is 12.4 Å². The van der Waals surface area contributed by atoms with Crippen LogP contribution in [0.5, 0.6) is 5.75 Å². The number of para-hydroxylation sites is 1. The summed E-state index contributed by atoms with van der Waals surface area (Å²) in [7, 11) is 0. The van der Waals surface area contributed by atoms with Gasteiger partial charge in [0.2, 0.25) is 0 Å². The van der Waals surface area contributed by atoms with E-state index in [0.717, 1.165) is 12.8 Å². The summed E-state index contributed by atoms with van der Waals surface area (Å²) in [5.74, 6) is -1.71. The number of hydrogen-bond acceptors (Lipinski definition) is 6. The molecule has 118 valence electrons. The predicted octanol–water partition coefficient (Wildman–Crippen LogP) is 1.48. The van der Waals surface area contributed by atoms with Gasteiger partial charge in [-0.1, -0.05) is 18.6 Å². The number of phenols is 1. The Hall–Kier alpha value is -1.63. The normalized spacial score (nSPS) is 9.81. The third-order valence-corrected chi connectivity index (χ3v) is 2.85. The monoisotopic (exact) mass is 316 g/mol. The number of carbonyl (C=O) groups is 2. The van der Waals surface area contributed by atoms with Crippen molar-refractivity contribution in [1.29, 1.82) is 0 Å². The number of nitrogens with two attached hydrogens (primary N) is 2. The van der Waals surface area contributed by atoms with Gasteiger partial charge in [-0.2, -0.15) is 0 Å². The molecule has 5 N–H and O–H groups in total. The molecular formula is C14H21ClN2O4. The molecule has 0 atom stereocenters. The summed E-state index contributed by atoms with van der Waals surface area (Å²) in [5.41, 5.74) is 11.1. The predicted molar refractivity (Wildman–Crippen MR) is 81.2 cm³/mol. The molecule has 7 heteroatoms. The Morgan fingerprint density at radius 3 is 2.48 bits per heavy atom. The topological polar surface area (TPSA) is 116 Å². The molecule has 0 aliphatic rings. The van der Waals surface area contributed by atoms with E-state index in [1.807, 2.05) is 0 Å². The number of benzene rings is 1. The average Bonchev–Trinajstić information content (AvgIpc) is 2.43. The maximum absolute atomic E-state index is 11.8. The molecule has 0 aliphatic carbocycles. The fourth-order valence-electron chi connectivity index (χ4n) is 1.72. The second kappa shape index (κ2) is 10.1. The van der Waals surface area contributed by atoms with Crippen molar-refractivity contribution in [3.63, 3.8) is 0 Å². The Morgan fingerprint density at radius 2 is 1.86 bits per heavy atom. The van der Waals surface area contributed by atoms with Crippen LogP contribution in [0.3, 0.4) is 0 Å². The zero-order valence-corrected chi connectivity index (χ0v) is 12.5. The third kappa shape index (κ3) is 6.12. The van der Waals surface area contributed by atoms with Crippen molar-refractivity contribution >= 4 is 24.3 Å². The number of rotatable bonds is 7. The lowest BCUT2D eigenvalue weighted by molar-refractivity contribution is -0.138. The number of aromatic hydroxyl groups is 1. The number of unbranched alkanes of at least 4 members (excludes halogenated alkanes) is 2. The molecule has 0 bridgehead atoms. The molecule has 0 aromatic heterocycles. The van der Waals surface area contributed by atoms with Crippen LogP contribution in [-0.2, 0) is 16.1 Å². The fourth-order valence-corrected chi connectivity index (χ4v) is 1.72. The summed E-state index contributed by atoms with van der Waals surface area (Å²) < 4.78 is 4.69. The van der Waals surface area contributed by atoms with Crippen LogP contribution in [0.2, 0.25) is 0 Å². The lowest BCUT2D eigenvalue weighted by atomic mass is 10.1. The molecule has 0 radical (unpaired) electrons. The van der Waals surface area contributed by atoms with E-state index in [1.165, 1.54) is 6.07 Å². The van der Waals surface area contributed by atoms with Crippen LogP contribution >= 0.6 is 12.4 Å². The van der Waals surface area contributed by atoms with E-state index in [0.29, 0.717) is 18.5 Å². The number of esters is 2. The first-order valence-corrected chi connectivity index (χ1v) is 6.56. The van der Waals surface area contributed by atoms with Crippen LogP contribution < -0.4 is 11.5 Å². The van der Waals surface area contributed by atoms with E-state index in [9.17, 15) is 14.7 Å². The van der Waals surface area contributed by atoms with Crippen molar-refractivity contribution in [2.24, 2.45) is 11.5 Å². The zero-order chi connectivity index (χ0) is 15.0. The summed E-state index contributed by atoms with van der Waals surface area (Å²) in [6, 6.07) is 4.56.